The number of benzene rings is 1. The number of phenolic OH excluding ortho intramolecular Hbond substituents is 1. The van der Waals surface area contributed by atoms with Crippen LogP contribution in [0.3, 0.4) is 0 Å². The van der Waals surface area contributed by atoms with Gasteiger partial charge in [0.15, 0.2) is 0 Å². The third-order valence-electron chi connectivity index (χ3n) is 2.14. The van der Waals surface area contributed by atoms with Gasteiger partial charge < -0.3 is 10.4 Å². The smallest absolute Gasteiger partial charge is 0.259 e. The summed E-state index contributed by atoms with van der Waals surface area (Å²) in [5.74, 6) is -0.424. The van der Waals surface area contributed by atoms with Crippen molar-refractivity contribution in [2.24, 2.45) is 0 Å². The Hall–Kier alpha value is -1.88. The number of nitrogens with one attached hydrogen (secondary N) is 1. The van der Waals surface area contributed by atoms with E-state index in [1.165, 1.54) is 6.07 Å². The minimum Gasteiger partial charge on any atom is -0.507 e. The Morgan fingerprint density at radius 2 is 1.94 bits per heavy atom. The fraction of sp³-hybridized carbons (Fsp3) is 0. The molecule has 0 unspecified atom stereocenters. The van der Waals surface area contributed by atoms with Gasteiger partial charge in [0, 0.05) is 22.6 Å². The van der Waals surface area contributed by atoms with Gasteiger partial charge in [-0.05, 0) is 30.3 Å². The first-order valence-corrected chi connectivity index (χ1v) is 5.66. The van der Waals surface area contributed by atoms with Crippen molar-refractivity contribution in [1.82, 2.24) is 4.98 Å². The molecule has 0 bridgehead atoms. The van der Waals surface area contributed by atoms with E-state index in [1.54, 1.807) is 36.7 Å². The molecule has 0 aliphatic carbocycles. The number of amides is 1. The van der Waals surface area contributed by atoms with E-state index in [2.05, 4.69) is 26.2 Å². The van der Waals surface area contributed by atoms with E-state index in [0.717, 1.165) is 4.47 Å². The lowest BCUT2D eigenvalue weighted by atomic mass is 10.2. The molecule has 2 rings (SSSR count). The maximum atomic E-state index is 11.8. The molecule has 0 radical (unpaired) electrons. The summed E-state index contributed by atoms with van der Waals surface area (Å²) in [7, 11) is 0. The van der Waals surface area contributed by atoms with E-state index < -0.39 is 0 Å². The number of aromatic hydroxyl groups is 1. The molecular weight excluding hydrogens is 284 g/mol. The van der Waals surface area contributed by atoms with Gasteiger partial charge in [-0.3, -0.25) is 9.78 Å². The Morgan fingerprint density at radius 1 is 1.24 bits per heavy atom. The second kappa shape index (κ2) is 4.97. The Bertz CT molecular complexity index is 543. The fourth-order valence-corrected chi connectivity index (χ4v) is 1.68. The van der Waals surface area contributed by atoms with Crippen molar-refractivity contribution in [3.8, 4) is 5.75 Å². The minimum absolute atomic E-state index is 0.0640. The monoisotopic (exact) mass is 292 g/mol. The fourth-order valence-electron chi connectivity index (χ4n) is 1.33. The topological polar surface area (TPSA) is 62.2 Å². The van der Waals surface area contributed by atoms with Crippen molar-refractivity contribution in [3.63, 3.8) is 0 Å². The Balaban J connectivity index is 2.21. The third-order valence-corrected chi connectivity index (χ3v) is 2.64. The molecule has 0 spiro atoms. The quantitative estimate of drug-likeness (QED) is 0.895. The molecule has 2 aromatic rings. The molecule has 1 amide bonds. The molecule has 4 nitrogen and oxygen atoms in total. The summed E-state index contributed by atoms with van der Waals surface area (Å²) in [5, 5.41) is 12.3. The second-order valence-corrected chi connectivity index (χ2v) is 4.27. The summed E-state index contributed by atoms with van der Waals surface area (Å²) in [4.78, 5) is 15.7. The summed E-state index contributed by atoms with van der Waals surface area (Å²) >= 11 is 3.21. The van der Waals surface area contributed by atoms with Crippen LogP contribution in [0.2, 0.25) is 0 Å². The van der Waals surface area contributed by atoms with Crippen LogP contribution in [0.4, 0.5) is 5.69 Å². The lowest BCUT2D eigenvalue weighted by Gasteiger charge is -2.06. The first-order valence-electron chi connectivity index (χ1n) is 4.87. The van der Waals surface area contributed by atoms with Gasteiger partial charge in [0.05, 0.1) is 5.56 Å². The number of hydrogen-bond acceptors (Lipinski definition) is 3. The zero-order valence-electron chi connectivity index (χ0n) is 8.72. The summed E-state index contributed by atoms with van der Waals surface area (Å²) < 4.78 is 0.718. The van der Waals surface area contributed by atoms with E-state index in [1.807, 2.05) is 0 Å². The largest absolute Gasteiger partial charge is 0.507 e. The van der Waals surface area contributed by atoms with Gasteiger partial charge in [-0.25, -0.2) is 0 Å². The first-order chi connectivity index (χ1) is 8.16. The zero-order chi connectivity index (χ0) is 12.3. The van der Waals surface area contributed by atoms with Crippen LogP contribution in [0, 0.1) is 0 Å². The predicted octanol–water partition coefficient (Wildman–Crippen LogP) is 2.80. The molecule has 86 valence electrons. The van der Waals surface area contributed by atoms with Gasteiger partial charge in [0.25, 0.3) is 5.91 Å². The molecule has 0 aliphatic rings. The highest BCUT2D eigenvalue weighted by Gasteiger charge is 2.11. The van der Waals surface area contributed by atoms with Gasteiger partial charge in [-0.1, -0.05) is 15.9 Å². The maximum Gasteiger partial charge on any atom is 0.259 e. The average Bonchev–Trinajstić information content (AvgIpc) is 2.30. The minimum atomic E-state index is -0.360. The van der Waals surface area contributed by atoms with E-state index in [-0.39, 0.29) is 17.2 Å². The third kappa shape index (κ3) is 2.82. The number of halogens is 1. The molecule has 5 heteroatoms. The summed E-state index contributed by atoms with van der Waals surface area (Å²) in [6.07, 6.45) is 3.16. The molecule has 17 heavy (non-hydrogen) atoms. The highest BCUT2D eigenvalue weighted by molar-refractivity contribution is 9.10. The van der Waals surface area contributed by atoms with Crippen LogP contribution < -0.4 is 5.32 Å². The van der Waals surface area contributed by atoms with Crippen molar-refractivity contribution in [3.05, 3.63) is 52.8 Å². The van der Waals surface area contributed by atoms with E-state index in [4.69, 9.17) is 0 Å². The van der Waals surface area contributed by atoms with Gasteiger partial charge in [-0.15, -0.1) is 0 Å². The second-order valence-electron chi connectivity index (χ2n) is 3.35. The summed E-state index contributed by atoms with van der Waals surface area (Å²) in [6.45, 7) is 0. The molecule has 1 aromatic carbocycles. The van der Waals surface area contributed by atoms with Crippen molar-refractivity contribution in [2.75, 3.05) is 5.32 Å². The van der Waals surface area contributed by atoms with Crippen molar-refractivity contribution in [2.45, 2.75) is 0 Å². The molecule has 1 heterocycles. The Morgan fingerprint density at radius 3 is 2.59 bits per heavy atom. The van der Waals surface area contributed by atoms with Crippen LogP contribution in [0.25, 0.3) is 0 Å². The lowest BCUT2D eigenvalue weighted by molar-refractivity contribution is 0.102. The standard InChI is InChI=1S/C12H9BrN2O2/c13-8-1-2-10(11(16)7-8)12(17)15-9-3-5-14-6-4-9/h1-7,16H,(H,14,15,17). The number of carbonyl (C=O) groups is 1. The van der Waals surface area contributed by atoms with E-state index in [0.29, 0.717) is 5.69 Å². The highest BCUT2D eigenvalue weighted by Crippen LogP contribution is 2.23. The Kier molecular flexibility index (Phi) is 3.39. The van der Waals surface area contributed by atoms with Crippen molar-refractivity contribution >= 4 is 27.5 Å². The lowest BCUT2D eigenvalue weighted by Crippen LogP contribution is -2.11. The molecule has 1 aromatic heterocycles. The van der Waals surface area contributed by atoms with Crippen LogP contribution in [0.1, 0.15) is 10.4 Å². The molecule has 0 saturated heterocycles. The number of carbonyl (C=O) groups excluding carboxylic acids is 1. The SMILES string of the molecule is O=C(Nc1ccncc1)c1ccc(Br)cc1O. The molecule has 0 fully saturated rings. The van der Waals surface area contributed by atoms with Gasteiger partial charge in [0.2, 0.25) is 0 Å². The van der Waals surface area contributed by atoms with Gasteiger partial charge >= 0.3 is 0 Å². The molecule has 0 aliphatic heterocycles. The molecule has 0 atom stereocenters. The number of phenols is 1. The van der Waals surface area contributed by atoms with Crippen LogP contribution in [0.15, 0.2) is 47.2 Å². The summed E-state index contributed by atoms with van der Waals surface area (Å²) in [5.41, 5.74) is 0.859. The number of anilines is 1. The van der Waals surface area contributed by atoms with E-state index >= 15 is 0 Å². The number of rotatable bonds is 2. The van der Waals surface area contributed by atoms with Gasteiger partial charge in [0.1, 0.15) is 5.75 Å². The van der Waals surface area contributed by atoms with Crippen LogP contribution in [-0.4, -0.2) is 16.0 Å². The van der Waals surface area contributed by atoms with Crippen LogP contribution >= 0.6 is 15.9 Å². The summed E-state index contributed by atoms with van der Waals surface area (Å²) in [6, 6.07) is 8.07. The number of pyridine rings is 1. The number of hydrogen-bond donors (Lipinski definition) is 2. The average molecular weight is 293 g/mol. The maximum absolute atomic E-state index is 11.8. The molecule has 2 N–H and O–H groups in total. The van der Waals surface area contributed by atoms with Crippen LogP contribution in [-0.2, 0) is 0 Å². The van der Waals surface area contributed by atoms with Crippen molar-refractivity contribution < 1.29 is 9.90 Å². The Labute approximate surface area is 106 Å². The highest BCUT2D eigenvalue weighted by atomic mass is 79.9. The molecule has 0 saturated carbocycles. The normalized spacial score (nSPS) is 9.94. The van der Waals surface area contributed by atoms with E-state index in [9.17, 15) is 9.90 Å². The zero-order valence-corrected chi connectivity index (χ0v) is 10.3. The first kappa shape index (κ1) is 11.6. The van der Waals surface area contributed by atoms with Crippen molar-refractivity contribution in [1.29, 1.82) is 0 Å². The van der Waals surface area contributed by atoms with Crippen LogP contribution in [0.5, 0.6) is 5.75 Å². The number of nitrogens with zero attached hydrogens (tertiary/aromatic N) is 1. The predicted molar refractivity (Wildman–Crippen MR) is 68.0 cm³/mol. The molecular formula is C12H9BrN2O2. The van der Waals surface area contributed by atoms with Gasteiger partial charge in [-0.2, -0.15) is 0 Å². The number of aromatic nitrogens is 1.